The molecule has 4 rings (SSSR count). The molecule has 5 nitrogen and oxygen atoms in total. The molecule has 0 radical (unpaired) electrons. The predicted octanol–water partition coefficient (Wildman–Crippen LogP) is 4.09. The number of hydrogen-bond donors (Lipinski definition) is 0. The van der Waals surface area contributed by atoms with Crippen LogP contribution in [0.2, 0.25) is 0 Å². The van der Waals surface area contributed by atoms with Crippen molar-refractivity contribution >= 4 is 23.1 Å². The molecule has 6 heteroatoms. The second-order valence-corrected chi connectivity index (χ2v) is 8.15. The van der Waals surface area contributed by atoms with Crippen LogP contribution in [0.25, 0.3) is 10.6 Å². The lowest BCUT2D eigenvalue weighted by atomic mass is 10.0. The molecule has 1 aliphatic heterocycles. The molecule has 0 unspecified atom stereocenters. The molecule has 1 amide bonds. The summed E-state index contributed by atoms with van der Waals surface area (Å²) in [4.78, 5) is 26.2. The topological polar surface area (TPSA) is 49.3 Å². The first-order valence-corrected chi connectivity index (χ1v) is 10.4. The van der Waals surface area contributed by atoms with E-state index >= 15 is 0 Å². The third-order valence-electron chi connectivity index (χ3n) is 5.12. The van der Waals surface area contributed by atoms with Crippen molar-refractivity contribution in [3.63, 3.8) is 0 Å². The summed E-state index contributed by atoms with van der Waals surface area (Å²) in [5.74, 6) is 1.08. The summed E-state index contributed by atoms with van der Waals surface area (Å²) in [5, 5.41) is 3.05. The minimum atomic E-state index is 0.125. The van der Waals surface area contributed by atoms with Crippen molar-refractivity contribution in [2.75, 3.05) is 31.1 Å². The van der Waals surface area contributed by atoms with Gasteiger partial charge in [0.15, 0.2) is 0 Å². The average Bonchev–Trinajstić information content (AvgIpc) is 3.14. The highest BCUT2D eigenvalue weighted by Crippen LogP contribution is 2.25. The standard InChI is InChI=1S/C22H24N4OS/c1-15-4-6-19(16(2)12-15)22(27)26-10-8-25(9-11-26)20-7-5-18(13-23-20)21-24-17(3)14-28-21/h4-7,12-14H,8-11H2,1-3H3. The minimum Gasteiger partial charge on any atom is -0.353 e. The number of aromatic nitrogens is 2. The lowest BCUT2D eigenvalue weighted by Gasteiger charge is -2.35. The Morgan fingerprint density at radius 1 is 1.04 bits per heavy atom. The number of piperazine rings is 1. The Morgan fingerprint density at radius 2 is 1.82 bits per heavy atom. The van der Waals surface area contributed by atoms with Crippen molar-refractivity contribution < 1.29 is 4.79 Å². The Kier molecular flexibility index (Phi) is 5.13. The van der Waals surface area contributed by atoms with Crippen LogP contribution in [-0.4, -0.2) is 47.0 Å². The molecule has 0 bridgehead atoms. The normalized spacial score (nSPS) is 14.4. The van der Waals surface area contributed by atoms with Crippen LogP contribution in [0, 0.1) is 20.8 Å². The molecule has 1 saturated heterocycles. The van der Waals surface area contributed by atoms with Gasteiger partial charge in [-0.1, -0.05) is 17.7 Å². The molecule has 1 fully saturated rings. The van der Waals surface area contributed by atoms with Gasteiger partial charge >= 0.3 is 0 Å². The molecule has 1 aliphatic rings. The molecule has 28 heavy (non-hydrogen) atoms. The number of anilines is 1. The van der Waals surface area contributed by atoms with Crippen LogP contribution < -0.4 is 4.90 Å². The zero-order chi connectivity index (χ0) is 19.7. The average molecular weight is 393 g/mol. The maximum absolute atomic E-state index is 12.9. The highest BCUT2D eigenvalue weighted by Gasteiger charge is 2.23. The van der Waals surface area contributed by atoms with Crippen molar-refractivity contribution in [3.05, 3.63) is 64.3 Å². The van der Waals surface area contributed by atoms with Crippen LogP contribution in [0.4, 0.5) is 5.82 Å². The van der Waals surface area contributed by atoms with E-state index in [0.29, 0.717) is 13.1 Å². The Morgan fingerprint density at radius 3 is 2.43 bits per heavy atom. The zero-order valence-electron chi connectivity index (χ0n) is 16.5. The summed E-state index contributed by atoms with van der Waals surface area (Å²) in [6, 6.07) is 10.1. The summed E-state index contributed by atoms with van der Waals surface area (Å²) in [7, 11) is 0. The fourth-order valence-corrected chi connectivity index (χ4v) is 4.34. The largest absolute Gasteiger partial charge is 0.353 e. The minimum absolute atomic E-state index is 0.125. The molecule has 3 heterocycles. The number of aryl methyl sites for hydroxylation is 3. The van der Waals surface area contributed by atoms with E-state index in [1.54, 1.807) is 11.3 Å². The van der Waals surface area contributed by atoms with Gasteiger partial charge in [-0.15, -0.1) is 11.3 Å². The number of hydrogen-bond acceptors (Lipinski definition) is 5. The van der Waals surface area contributed by atoms with Crippen LogP contribution in [0.3, 0.4) is 0 Å². The maximum atomic E-state index is 12.9. The van der Waals surface area contributed by atoms with Gasteiger partial charge in [-0.25, -0.2) is 9.97 Å². The Hall–Kier alpha value is -2.73. The van der Waals surface area contributed by atoms with Crippen LogP contribution >= 0.6 is 11.3 Å². The summed E-state index contributed by atoms with van der Waals surface area (Å²) in [6.07, 6.45) is 1.89. The monoisotopic (exact) mass is 392 g/mol. The van der Waals surface area contributed by atoms with Gasteiger partial charge in [-0.05, 0) is 44.5 Å². The third-order valence-corrected chi connectivity index (χ3v) is 6.13. The number of carbonyl (C=O) groups is 1. The highest BCUT2D eigenvalue weighted by molar-refractivity contribution is 7.13. The van der Waals surface area contributed by atoms with Crippen molar-refractivity contribution in [2.45, 2.75) is 20.8 Å². The highest BCUT2D eigenvalue weighted by atomic mass is 32.1. The van der Waals surface area contributed by atoms with Gasteiger partial charge in [0.1, 0.15) is 10.8 Å². The molecule has 0 aliphatic carbocycles. The quantitative estimate of drug-likeness (QED) is 0.674. The van der Waals surface area contributed by atoms with Crippen molar-refractivity contribution in [1.29, 1.82) is 0 Å². The van der Waals surface area contributed by atoms with E-state index in [1.165, 1.54) is 5.56 Å². The van der Waals surface area contributed by atoms with Crippen molar-refractivity contribution in [3.8, 4) is 10.6 Å². The molecular formula is C22H24N4OS. The first-order valence-electron chi connectivity index (χ1n) is 9.51. The van der Waals surface area contributed by atoms with E-state index in [1.807, 2.05) is 50.1 Å². The second kappa shape index (κ2) is 7.72. The predicted molar refractivity (Wildman–Crippen MR) is 114 cm³/mol. The van der Waals surface area contributed by atoms with Crippen LogP contribution in [-0.2, 0) is 0 Å². The van der Waals surface area contributed by atoms with E-state index in [9.17, 15) is 4.79 Å². The number of rotatable bonds is 3. The number of carbonyl (C=O) groups excluding carboxylic acids is 1. The lowest BCUT2D eigenvalue weighted by Crippen LogP contribution is -2.49. The van der Waals surface area contributed by atoms with Crippen LogP contribution in [0.1, 0.15) is 27.2 Å². The van der Waals surface area contributed by atoms with E-state index in [-0.39, 0.29) is 5.91 Å². The van der Waals surface area contributed by atoms with Crippen molar-refractivity contribution in [1.82, 2.24) is 14.9 Å². The van der Waals surface area contributed by atoms with Crippen LogP contribution in [0.15, 0.2) is 41.9 Å². The van der Waals surface area contributed by atoms with Crippen molar-refractivity contribution in [2.24, 2.45) is 0 Å². The number of amides is 1. The number of benzene rings is 1. The van der Waals surface area contributed by atoms with Crippen LogP contribution in [0.5, 0.6) is 0 Å². The summed E-state index contributed by atoms with van der Waals surface area (Å²) in [6.45, 7) is 9.06. The lowest BCUT2D eigenvalue weighted by molar-refractivity contribution is 0.0746. The fourth-order valence-electron chi connectivity index (χ4n) is 3.55. The molecule has 3 aromatic rings. The number of nitrogens with zero attached hydrogens (tertiary/aromatic N) is 4. The Bertz CT molecular complexity index is 988. The summed E-state index contributed by atoms with van der Waals surface area (Å²) >= 11 is 1.64. The van der Waals surface area contributed by atoms with E-state index in [4.69, 9.17) is 0 Å². The maximum Gasteiger partial charge on any atom is 0.254 e. The van der Waals surface area contributed by atoms with Gasteiger partial charge in [0.05, 0.1) is 0 Å². The van der Waals surface area contributed by atoms with Gasteiger partial charge in [-0.2, -0.15) is 0 Å². The molecule has 1 aromatic carbocycles. The van der Waals surface area contributed by atoms with Gasteiger partial charge in [-0.3, -0.25) is 4.79 Å². The number of thiazole rings is 1. The third kappa shape index (κ3) is 3.78. The molecular weight excluding hydrogens is 368 g/mol. The summed E-state index contributed by atoms with van der Waals surface area (Å²) < 4.78 is 0. The van der Waals surface area contributed by atoms with E-state index < -0.39 is 0 Å². The van der Waals surface area contributed by atoms with Gasteiger partial charge in [0.2, 0.25) is 0 Å². The Labute approximate surface area is 169 Å². The molecule has 2 aromatic heterocycles. The smallest absolute Gasteiger partial charge is 0.254 e. The Balaban J connectivity index is 1.40. The van der Waals surface area contributed by atoms with Gasteiger partial charge in [0.25, 0.3) is 5.91 Å². The zero-order valence-corrected chi connectivity index (χ0v) is 17.3. The molecule has 0 atom stereocenters. The fraction of sp³-hybridized carbons (Fsp3) is 0.318. The molecule has 144 valence electrons. The first-order chi connectivity index (χ1) is 13.5. The number of pyridine rings is 1. The van der Waals surface area contributed by atoms with Gasteiger partial charge in [0, 0.05) is 54.6 Å². The first kappa shape index (κ1) is 18.6. The molecule has 0 saturated carbocycles. The molecule has 0 spiro atoms. The second-order valence-electron chi connectivity index (χ2n) is 7.30. The SMILES string of the molecule is Cc1ccc(C(=O)N2CCN(c3ccc(-c4nc(C)cs4)cn3)CC2)c(C)c1. The molecule has 0 N–H and O–H groups in total. The van der Waals surface area contributed by atoms with E-state index in [2.05, 4.69) is 32.4 Å². The van der Waals surface area contributed by atoms with Gasteiger partial charge < -0.3 is 9.80 Å². The van der Waals surface area contributed by atoms with E-state index in [0.717, 1.165) is 46.3 Å². The summed E-state index contributed by atoms with van der Waals surface area (Å²) in [5.41, 5.74) is 5.11.